The van der Waals surface area contributed by atoms with Crippen molar-refractivity contribution in [3.05, 3.63) is 59.7 Å². The Bertz CT molecular complexity index is 729. The average molecular weight is 341 g/mol. The molecule has 0 spiro atoms. The molecule has 25 heavy (non-hydrogen) atoms. The fourth-order valence-corrected chi connectivity index (χ4v) is 2.14. The van der Waals surface area contributed by atoms with E-state index < -0.39 is 0 Å². The number of carbonyl (C=O) groups is 2. The lowest BCUT2D eigenvalue weighted by Gasteiger charge is -2.15. The smallest absolute Gasteiger partial charge is 0.255 e. The molecule has 0 radical (unpaired) electrons. The molecule has 0 aliphatic carbocycles. The zero-order chi connectivity index (χ0) is 18.2. The molecule has 0 saturated carbocycles. The second-order valence-corrected chi connectivity index (χ2v) is 5.67. The van der Waals surface area contributed by atoms with Crippen LogP contribution in [0.2, 0.25) is 0 Å². The number of benzene rings is 2. The largest absolute Gasteiger partial charge is 0.492 e. The van der Waals surface area contributed by atoms with Crippen LogP contribution in [0.3, 0.4) is 0 Å². The van der Waals surface area contributed by atoms with E-state index in [4.69, 9.17) is 10.5 Å². The molecule has 0 saturated heterocycles. The number of nitrogens with two attached hydrogens (primary N) is 1. The number of anilines is 1. The van der Waals surface area contributed by atoms with Crippen LogP contribution in [0, 0.1) is 0 Å². The second-order valence-electron chi connectivity index (χ2n) is 5.67. The van der Waals surface area contributed by atoms with E-state index >= 15 is 0 Å². The molecular formula is C19H23N3O3. The number of rotatable bonds is 7. The van der Waals surface area contributed by atoms with Crippen molar-refractivity contribution in [3.8, 4) is 5.75 Å². The minimum absolute atomic E-state index is 0.000338. The quantitative estimate of drug-likeness (QED) is 0.809. The third-order valence-corrected chi connectivity index (χ3v) is 3.77. The van der Waals surface area contributed by atoms with E-state index in [-0.39, 0.29) is 11.8 Å². The molecule has 0 heterocycles. The number of carbonyl (C=O) groups excluding carboxylic acids is 2. The molecule has 6 heteroatoms. The summed E-state index contributed by atoms with van der Waals surface area (Å²) < 4.78 is 5.58. The van der Waals surface area contributed by atoms with Crippen LogP contribution in [0.25, 0.3) is 0 Å². The molecule has 0 bridgehead atoms. The lowest BCUT2D eigenvalue weighted by molar-refractivity contribution is -0.127. The normalized spacial score (nSPS) is 10.2. The number of ether oxygens (including phenoxy) is 1. The van der Waals surface area contributed by atoms with E-state index in [1.807, 2.05) is 12.1 Å². The van der Waals surface area contributed by atoms with Gasteiger partial charge in [-0.2, -0.15) is 0 Å². The van der Waals surface area contributed by atoms with E-state index in [9.17, 15) is 9.59 Å². The monoisotopic (exact) mass is 341 g/mol. The highest BCUT2D eigenvalue weighted by atomic mass is 16.5. The van der Waals surface area contributed by atoms with Crippen molar-refractivity contribution in [1.82, 2.24) is 4.90 Å². The van der Waals surface area contributed by atoms with Crippen LogP contribution in [0.4, 0.5) is 5.69 Å². The molecular weight excluding hydrogens is 318 g/mol. The maximum Gasteiger partial charge on any atom is 0.255 e. The van der Waals surface area contributed by atoms with Gasteiger partial charge in [0.25, 0.3) is 5.91 Å². The van der Waals surface area contributed by atoms with Gasteiger partial charge < -0.3 is 20.7 Å². The van der Waals surface area contributed by atoms with Crippen LogP contribution in [0.1, 0.15) is 22.8 Å². The van der Waals surface area contributed by atoms with E-state index in [0.29, 0.717) is 36.7 Å². The first-order valence-electron chi connectivity index (χ1n) is 8.04. The molecule has 2 aromatic carbocycles. The minimum atomic E-state index is -0.188. The third kappa shape index (κ3) is 5.61. The van der Waals surface area contributed by atoms with Gasteiger partial charge in [0, 0.05) is 31.8 Å². The van der Waals surface area contributed by atoms with Crippen LogP contribution in [0.5, 0.6) is 5.75 Å². The molecule has 2 amide bonds. The van der Waals surface area contributed by atoms with E-state index in [1.165, 1.54) is 6.92 Å². The summed E-state index contributed by atoms with van der Waals surface area (Å²) in [5, 5.41) is 2.84. The Labute approximate surface area is 147 Å². The number of nitrogens with zero attached hydrogens (tertiary/aromatic N) is 1. The summed E-state index contributed by atoms with van der Waals surface area (Å²) in [6.07, 6.45) is 0. The Morgan fingerprint density at radius 3 is 2.52 bits per heavy atom. The van der Waals surface area contributed by atoms with Gasteiger partial charge in [0.05, 0.1) is 6.54 Å². The fraction of sp³-hybridized carbons (Fsp3) is 0.263. The van der Waals surface area contributed by atoms with Crippen LogP contribution in [-0.2, 0) is 11.3 Å². The first-order chi connectivity index (χ1) is 12.0. The van der Waals surface area contributed by atoms with Gasteiger partial charge in [-0.05, 0) is 42.0 Å². The molecule has 0 fully saturated rings. The zero-order valence-corrected chi connectivity index (χ0v) is 14.5. The Balaban J connectivity index is 1.89. The van der Waals surface area contributed by atoms with Crippen molar-refractivity contribution in [2.45, 2.75) is 13.5 Å². The summed E-state index contributed by atoms with van der Waals surface area (Å²) in [5.74, 6) is 0.493. The minimum Gasteiger partial charge on any atom is -0.492 e. The molecule has 0 aliphatic rings. The summed E-state index contributed by atoms with van der Waals surface area (Å²) >= 11 is 0. The number of likely N-dealkylation sites (N-methyl/N-ethyl adjacent to an activating group) is 1. The first-order valence-corrected chi connectivity index (χ1v) is 8.04. The molecule has 3 N–H and O–H groups in total. The van der Waals surface area contributed by atoms with Gasteiger partial charge in [0.1, 0.15) is 12.4 Å². The Morgan fingerprint density at radius 1 is 1.16 bits per heavy atom. The summed E-state index contributed by atoms with van der Waals surface area (Å²) in [6.45, 7) is 2.84. The first kappa shape index (κ1) is 18.5. The number of hydrogen-bond donors (Lipinski definition) is 2. The van der Waals surface area contributed by atoms with Gasteiger partial charge >= 0.3 is 0 Å². The lowest BCUT2D eigenvalue weighted by Crippen LogP contribution is -2.28. The molecule has 6 nitrogen and oxygen atoms in total. The Kier molecular flexibility index (Phi) is 6.54. The fourth-order valence-electron chi connectivity index (χ4n) is 2.14. The summed E-state index contributed by atoms with van der Waals surface area (Å²) in [4.78, 5) is 25.0. The van der Waals surface area contributed by atoms with Crippen molar-refractivity contribution < 1.29 is 14.3 Å². The maximum absolute atomic E-state index is 12.3. The SMILES string of the molecule is CC(=O)N(C)CCOc1ccc(NC(=O)c2cccc(CN)c2)cc1. The summed E-state index contributed by atoms with van der Waals surface area (Å²) in [6, 6.07) is 14.3. The summed E-state index contributed by atoms with van der Waals surface area (Å²) in [5.41, 5.74) is 7.75. The average Bonchev–Trinajstić information content (AvgIpc) is 2.63. The molecule has 0 aliphatic heterocycles. The number of hydrogen-bond acceptors (Lipinski definition) is 4. The van der Waals surface area contributed by atoms with Gasteiger partial charge in [0.15, 0.2) is 0 Å². The highest BCUT2D eigenvalue weighted by Crippen LogP contribution is 2.17. The standard InChI is InChI=1S/C19H23N3O3/c1-14(23)22(2)10-11-25-18-8-6-17(7-9-18)21-19(24)16-5-3-4-15(12-16)13-20/h3-9,12H,10-11,13,20H2,1-2H3,(H,21,24). The highest BCUT2D eigenvalue weighted by Gasteiger charge is 2.07. The predicted octanol–water partition coefficient (Wildman–Crippen LogP) is 2.25. The Morgan fingerprint density at radius 2 is 1.88 bits per heavy atom. The molecule has 132 valence electrons. The molecule has 2 rings (SSSR count). The Hall–Kier alpha value is -2.86. The van der Waals surface area contributed by atoms with Gasteiger partial charge in [-0.25, -0.2) is 0 Å². The van der Waals surface area contributed by atoms with Crippen molar-refractivity contribution in [1.29, 1.82) is 0 Å². The second kappa shape index (κ2) is 8.84. The van der Waals surface area contributed by atoms with Crippen molar-refractivity contribution in [2.75, 3.05) is 25.5 Å². The van der Waals surface area contributed by atoms with Crippen molar-refractivity contribution in [2.24, 2.45) is 5.73 Å². The summed E-state index contributed by atoms with van der Waals surface area (Å²) in [7, 11) is 1.73. The van der Waals surface area contributed by atoms with Crippen LogP contribution >= 0.6 is 0 Å². The highest BCUT2D eigenvalue weighted by molar-refractivity contribution is 6.04. The van der Waals surface area contributed by atoms with E-state index in [0.717, 1.165) is 5.56 Å². The molecule has 0 aromatic heterocycles. The zero-order valence-electron chi connectivity index (χ0n) is 14.5. The predicted molar refractivity (Wildman–Crippen MR) is 97.5 cm³/mol. The van der Waals surface area contributed by atoms with E-state index in [2.05, 4.69) is 5.32 Å². The van der Waals surface area contributed by atoms with Crippen molar-refractivity contribution in [3.63, 3.8) is 0 Å². The van der Waals surface area contributed by atoms with Crippen LogP contribution in [-0.4, -0.2) is 36.9 Å². The van der Waals surface area contributed by atoms with Crippen LogP contribution in [0.15, 0.2) is 48.5 Å². The van der Waals surface area contributed by atoms with Gasteiger partial charge in [-0.1, -0.05) is 12.1 Å². The van der Waals surface area contributed by atoms with Crippen LogP contribution < -0.4 is 15.8 Å². The van der Waals surface area contributed by atoms with Crippen molar-refractivity contribution >= 4 is 17.5 Å². The topological polar surface area (TPSA) is 84.7 Å². The van der Waals surface area contributed by atoms with Gasteiger partial charge in [-0.3, -0.25) is 9.59 Å². The van der Waals surface area contributed by atoms with E-state index in [1.54, 1.807) is 48.3 Å². The van der Waals surface area contributed by atoms with Gasteiger partial charge in [0.2, 0.25) is 5.91 Å². The molecule has 0 atom stereocenters. The third-order valence-electron chi connectivity index (χ3n) is 3.77. The number of amides is 2. The lowest BCUT2D eigenvalue weighted by atomic mass is 10.1. The van der Waals surface area contributed by atoms with Gasteiger partial charge in [-0.15, -0.1) is 0 Å². The maximum atomic E-state index is 12.3. The number of nitrogens with one attached hydrogen (secondary N) is 1. The molecule has 2 aromatic rings. The molecule has 0 unspecified atom stereocenters.